The van der Waals surface area contributed by atoms with Crippen molar-refractivity contribution < 1.29 is 0 Å². The summed E-state index contributed by atoms with van der Waals surface area (Å²) in [6, 6.07) is 0. The molecule has 4 heteroatoms. The van der Waals surface area contributed by atoms with Crippen LogP contribution in [0, 0.1) is 5.41 Å². The van der Waals surface area contributed by atoms with Crippen molar-refractivity contribution in [2.24, 2.45) is 12.5 Å². The Morgan fingerprint density at radius 3 is 2.92 bits per heavy atom. The van der Waals surface area contributed by atoms with Crippen LogP contribution in [0.3, 0.4) is 0 Å². The minimum absolute atomic E-state index is 0.520. The van der Waals surface area contributed by atoms with Crippen LogP contribution >= 0.6 is 0 Å². The van der Waals surface area contributed by atoms with Gasteiger partial charge in [0.05, 0.1) is 0 Å². The molecule has 0 saturated heterocycles. The predicted molar refractivity (Wildman–Crippen MR) is 46.8 cm³/mol. The molecule has 0 radical (unpaired) electrons. The van der Waals surface area contributed by atoms with E-state index >= 15 is 0 Å². The van der Waals surface area contributed by atoms with Gasteiger partial charge in [0.1, 0.15) is 6.33 Å². The van der Waals surface area contributed by atoms with Crippen molar-refractivity contribution in [1.29, 1.82) is 0 Å². The van der Waals surface area contributed by atoms with Gasteiger partial charge in [-0.2, -0.15) is 0 Å². The Bertz CT molecular complexity index is 274. The molecule has 0 amide bonds. The fraction of sp³-hybridized carbons (Fsp3) is 0.750. The first-order valence-corrected chi connectivity index (χ1v) is 4.28. The molecule has 0 atom stereocenters. The molecule has 66 valence electrons. The van der Waals surface area contributed by atoms with Crippen LogP contribution in [-0.2, 0) is 7.05 Å². The number of rotatable bonds is 3. The van der Waals surface area contributed by atoms with Crippen LogP contribution in [0.25, 0.3) is 0 Å². The quantitative estimate of drug-likeness (QED) is 0.729. The van der Waals surface area contributed by atoms with E-state index in [1.807, 2.05) is 11.6 Å². The zero-order valence-corrected chi connectivity index (χ0v) is 7.54. The second-order valence-electron chi connectivity index (χ2n) is 3.93. The molecule has 1 fully saturated rings. The molecule has 1 saturated carbocycles. The smallest absolute Gasteiger partial charge is 0.224 e. The molecule has 4 nitrogen and oxygen atoms in total. The van der Waals surface area contributed by atoms with Gasteiger partial charge in [0.2, 0.25) is 5.95 Å². The Kier molecular flexibility index (Phi) is 1.56. The average Bonchev–Trinajstić information content (AvgIpc) is 2.61. The van der Waals surface area contributed by atoms with Crippen molar-refractivity contribution in [3.63, 3.8) is 0 Å². The van der Waals surface area contributed by atoms with Crippen LogP contribution in [0.2, 0.25) is 0 Å². The van der Waals surface area contributed by atoms with Gasteiger partial charge >= 0.3 is 0 Å². The van der Waals surface area contributed by atoms with Crippen molar-refractivity contribution in [2.45, 2.75) is 19.8 Å². The molecule has 0 spiro atoms. The van der Waals surface area contributed by atoms with Crippen molar-refractivity contribution in [3.05, 3.63) is 6.33 Å². The van der Waals surface area contributed by atoms with Crippen LogP contribution < -0.4 is 5.32 Å². The van der Waals surface area contributed by atoms with Crippen molar-refractivity contribution in [3.8, 4) is 0 Å². The molecule has 1 aromatic heterocycles. The summed E-state index contributed by atoms with van der Waals surface area (Å²) in [5.41, 5.74) is 0.520. The number of aryl methyl sites for hydroxylation is 1. The number of aromatic nitrogens is 3. The van der Waals surface area contributed by atoms with E-state index in [2.05, 4.69) is 22.4 Å². The van der Waals surface area contributed by atoms with Gasteiger partial charge in [-0.15, -0.1) is 10.2 Å². The molecule has 12 heavy (non-hydrogen) atoms. The fourth-order valence-electron chi connectivity index (χ4n) is 1.13. The molecule has 0 unspecified atom stereocenters. The lowest BCUT2D eigenvalue weighted by Crippen LogP contribution is -2.14. The van der Waals surface area contributed by atoms with Gasteiger partial charge in [-0.25, -0.2) is 0 Å². The molecule has 0 aromatic carbocycles. The minimum atomic E-state index is 0.520. The molecule has 0 aliphatic heterocycles. The highest BCUT2D eigenvalue weighted by atomic mass is 15.3. The van der Waals surface area contributed by atoms with Gasteiger partial charge in [-0.1, -0.05) is 6.92 Å². The van der Waals surface area contributed by atoms with E-state index in [-0.39, 0.29) is 0 Å². The number of nitrogens with one attached hydrogen (secondary N) is 1. The first-order chi connectivity index (χ1) is 5.70. The van der Waals surface area contributed by atoms with Gasteiger partial charge < -0.3 is 9.88 Å². The van der Waals surface area contributed by atoms with E-state index in [1.165, 1.54) is 12.8 Å². The summed E-state index contributed by atoms with van der Waals surface area (Å²) in [7, 11) is 1.94. The van der Waals surface area contributed by atoms with E-state index in [4.69, 9.17) is 0 Å². The second-order valence-corrected chi connectivity index (χ2v) is 3.93. The van der Waals surface area contributed by atoms with E-state index in [0.717, 1.165) is 12.5 Å². The highest BCUT2D eigenvalue weighted by molar-refractivity contribution is 5.24. The predicted octanol–water partition coefficient (Wildman–Crippen LogP) is 1.03. The summed E-state index contributed by atoms with van der Waals surface area (Å²) in [5.74, 6) is 0.864. The molecule has 0 bridgehead atoms. The molecular formula is C8H14N4. The highest BCUT2D eigenvalue weighted by Crippen LogP contribution is 2.44. The van der Waals surface area contributed by atoms with E-state index < -0.39 is 0 Å². The molecular weight excluding hydrogens is 152 g/mol. The van der Waals surface area contributed by atoms with Gasteiger partial charge in [-0.05, 0) is 18.3 Å². The Morgan fingerprint density at radius 1 is 1.67 bits per heavy atom. The third kappa shape index (κ3) is 1.42. The summed E-state index contributed by atoms with van der Waals surface area (Å²) in [6.45, 7) is 3.30. The maximum absolute atomic E-state index is 3.95. The molecule has 1 aromatic rings. The average molecular weight is 166 g/mol. The Balaban J connectivity index is 1.91. The van der Waals surface area contributed by atoms with E-state index in [9.17, 15) is 0 Å². The summed E-state index contributed by atoms with van der Waals surface area (Å²) in [6.07, 6.45) is 4.37. The third-order valence-electron chi connectivity index (χ3n) is 2.49. The van der Waals surface area contributed by atoms with Crippen LogP contribution in [0.5, 0.6) is 0 Å². The van der Waals surface area contributed by atoms with Gasteiger partial charge in [0.25, 0.3) is 0 Å². The number of nitrogens with zero attached hydrogens (tertiary/aromatic N) is 3. The van der Waals surface area contributed by atoms with E-state index in [1.54, 1.807) is 6.33 Å². The highest BCUT2D eigenvalue weighted by Gasteiger charge is 2.36. The van der Waals surface area contributed by atoms with Crippen LogP contribution in [0.1, 0.15) is 19.8 Å². The topological polar surface area (TPSA) is 42.7 Å². The number of hydrogen-bond donors (Lipinski definition) is 1. The van der Waals surface area contributed by atoms with Gasteiger partial charge in [-0.3, -0.25) is 0 Å². The number of anilines is 1. The first kappa shape index (κ1) is 7.58. The lowest BCUT2D eigenvalue weighted by molar-refractivity contribution is 0.605. The largest absolute Gasteiger partial charge is 0.354 e. The van der Waals surface area contributed by atoms with Crippen LogP contribution in [0.4, 0.5) is 5.95 Å². The van der Waals surface area contributed by atoms with Crippen LogP contribution in [0.15, 0.2) is 6.33 Å². The molecule has 1 aliphatic carbocycles. The Morgan fingerprint density at radius 2 is 2.42 bits per heavy atom. The SMILES string of the molecule is Cn1cnnc1NCC1(C)CC1. The normalized spacial score (nSPS) is 19.2. The summed E-state index contributed by atoms with van der Waals surface area (Å²) in [4.78, 5) is 0. The van der Waals surface area contributed by atoms with Gasteiger partial charge in [0.15, 0.2) is 0 Å². The molecule has 1 aliphatic rings. The zero-order chi connectivity index (χ0) is 8.60. The molecule has 2 rings (SSSR count). The fourth-order valence-corrected chi connectivity index (χ4v) is 1.13. The van der Waals surface area contributed by atoms with Crippen molar-refractivity contribution in [2.75, 3.05) is 11.9 Å². The number of hydrogen-bond acceptors (Lipinski definition) is 3. The Labute approximate surface area is 72.0 Å². The van der Waals surface area contributed by atoms with E-state index in [0.29, 0.717) is 5.41 Å². The molecule has 1 heterocycles. The first-order valence-electron chi connectivity index (χ1n) is 4.28. The van der Waals surface area contributed by atoms with Crippen LogP contribution in [-0.4, -0.2) is 21.3 Å². The maximum atomic E-state index is 3.95. The standard InChI is InChI=1S/C8H14N4/c1-8(3-4-8)5-9-7-11-10-6-12(7)2/h6H,3-5H2,1-2H3,(H,9,11). The monoisotopic (exact) mass is 166 g/mol. The molecule has 1 N–H and O–H groups in total. The second kappa shape index (κ2) is 2.47. The lowest BCUT2D eigenvalue weighted by Gasteiger charge is -2.09. The lowest BCUT2D eigenvalue weighted by atomic mass is 10.1. The Hall–Kier alpha value is -1.06. The summed E-state index contributed by atoms with van der Waals surface area (Å²) in [5, 5.41) is 11.0. The summed E-state index contributed by atoms with van der Waals surface area (Å²) < 4.78 is 1.89. The van der Waals surface area contributed by atoms with Crippen molar-refractivity contribution >= 4 is 5.95 Å². The van der Waals surface area contributed by atoms with Crippen molar-refractivity contribution in [1.82, 2.24) is 14.8 Å². The third-order valence-corrected chi connectivity index (χ3v) is 2.49. The minimum Gasteiger partial charge on any atom is -0.354 e. The summed E-state index contributed by atoms with van der Waals surface area (Å²) >= 11 is 0. The maximum Gasteiger partial charge on any atom is 0.224 e. The van der Waals surface area contributed by atoms with Gasteiger partial charge in [0, 0.05) is 13.6 Å². The zero-order valence-electron chi connectivity index (χ0n) is 7.54.